The second kappa shape index (κ2) is 3.46. The first-order valence-electron chi connectivity index (χ1n) is 4.69. The minimum atomic E-state index is -0.168. The van der Waals surface area contributed by atoms with Gasteiger partial charge in [0.05, 0.1) is 0 Å². The minimum absolute atomic E-state index is 0.168. The van der Waals surface area contributed by atoms with Crippen molar-refractivity contribution in [3.8, 4) is 0 Å². The fourth-order valence-electron chi connectivity index (χ4n) is 1.35. The van der Waals surface area contributed by atoms with Crippen LogP contribution in [-0.4, -0.2) is 23.9 Å². The van der Waals surface area contributed by atoms with E-state index in [9.17, 15) is 4.79 Å². The molecule has 1 fully saturated rings. The van der Waals surface area contributed by atoms with Gasteiger partial charge >= 0.3 is 0 Å². The van der Waals surface area contributed by atoms with E-state index in [1.807, 2.05) is 18.7 Å². The summed E-state index contributed by atoms with van der Waals surface area (Å²) in [5, 5.41) is 0. The van der Waals surface area contributed by atoms with Crippen molar-refractivity contribution in [1.29, 1.82) is 0 Å². The molecule has 12 heavy (non-hydrogen) atoms. The Morgan fingerprint density at radius 2 is 2.25 bits per heavy atom. The first-order valence-corrected chi connectivity index (χ1v) is 4.69. The largest absolute Gasteiger partial charge is 0.342 e. The first-order chi connectivity index (χ1) is 5.58. The van der Waals surface area contributed by atoms with Crippen LogP contribution >= 0.6 is 0 Å². The van der Waals surface area contributed by atoms with E-state index < -0.39 is 0 Å². The maximum atomic E-state index is 11.8. The van der Waals surface area contributed by atoms with Crippen LogP contribution in [0.1, 0.15) is 33.6 Å². The highest BCUT2D eigenvalue weighted by molar-refractivity contribution is 5.82. The average molecular weight is 168 g/mol. The van der Waals surface area contributed by atoms with Crippen LogP contribution in [0.5, 0.6) is 0 Å². The number of carbonyl (C=O) groups excluding carboxylic acids is 1. The molecule has 69 valence electrons. The Balaban J connectivity index is 2.56. The number of likely N-dealkylation sites (tertiary alicyclic amines) is 1. The second-order valence-corrected chi connectivity index (χ2v) is 4.07. The van der Waals surface area contributed by atoms with Crippen molar-refractivity contribution in [3.05, 3.63) is 6.42 Å². The molecule has 1 aliphatic rings. The van der Waals surface area contributed by atoms with Crippen LogP contribution in [0.4, 0.5) is 0 Å². The van der Waals surface area contributed by atoms with Gasteiger partial charge in [-0.25, -0.2) is 0 Å². The molecule has 0 aromatic heterocycles. The zero-order chi connectivity index (χ0) is 9.19. The molecular formula is C10H18NO. The Hall–Kier alpha value is -0.530. The highest BCUT2D eigenvalue weighted by Gasteiger charge is 2.31. The van der Waals surface area contributed by atoms with Crippen molar-refractivity contribution in [2.75, 3.05) is 13.1 Å². The van der Waals surface area contributed by atoms with Crippen LogP contribution in [0.15, 0.2) is 0 Å². The molecule has 0 bridgehead atoms. The van der Waals surface area contributed by atoms with Crippen LogP contribution < -0.4 is 0 Å². The number of amides is 1. The normalized spacial score (nSPS) is 18.4. The van der Waals surface area contributed by atoms with Crippen molar-refractivity contribution < 1.29 is 4.79 Å². The van der Waals surface area contributed by atoms with Gasteiger partial charge in [-0.05, 0) is 19.3 Å². The van der Waals surface area contributed by atoms with E-state index in [1.165, 1.54) is 0 Å². The topological polar surface area (TPSA) is 20.3 Å². The van der Waals surface area contributed by atoms with E-state index in [4.69, 9.17) is 0 Å². The number of hydrogen-bond acceptors (Lipinski definition) is 1. The zero-order valence-electron chi connectivity index (χ0n) is 8.26. The van der Waals surface area contributed by atoms with Gasteiger partial charge in [0.25, 0.3) is 0 Å². The quantitative estimate of drug-likeness (QED) is 0.616. The van der Waals surface area contributed by atoms with Crippen molar-refractivity contribution in [2.45, 2.75) is 33.6 Å². The van der Waals surface area contributed by atoms with Gasteiger partial charge < -0.3 is 4.90 Å². The van der Waals surface area contributed by atoms with Gasteiger partial charge in [0.1, 0.15) is 0 Å². The zero-order valence-corrected chi connectivity index (χ0v) is 8.26. The molecule has 1 amide bonds. The van der Waals surface area contributed by atoms with Gasteiger partial charge in [0.2, 0.25) is 5.91 Å². The van der Waals surface area contributed by atoms with Gasteiger partial charge in [-0.3, -0.25) is 4.79 Å². The summed E-state index contributed by atoms with van der Waals surface area (Å²) in [4.78, 5) is 13.8. The van der Waals surface area contributed by atoms with E-state index in [1.54, 1.807) is 0 Å². The molecule has 0 aromatic rings. The smallest absolute Gasteiger partial charge is 0.228 e. The van der Waals surface area contributed by atoms with Gasteiger partial charge in [-0.1, -0.05) is 20.8 Å². The van der Waals surface area contributed by atoms with E-state index >= 15 is 0 Å². The lowest BCUT2D eigenvalue weighted by Gasteiger charge is -2.27. The Morgan fingerprint density at radius 1 is 1.58 bits per heavy atom. The van der Waals surface area contributed by atoms with Crippen LogP contribution in [0.25, 0.3) is 0 Å². The summed E-state index contributed by atoms with van der Waals surface area (Å²) in [6.07, 6.45) is 4.15. The highest BCUT2D eigenvalue weighted by atomic mass is 16.2. The van der Waals surface area contributed by atoms with E-state index in [0.29, 0.717) is 5.91 Å². The molecule has 2 nitrogen and oxygen atoms in total. The second-order valence-electron chi connectivity index (χ2n) is 4.07. The van der Waals surface area contributed by atoms with Gasteiger partial charge in [-0.15, -0.1) is 0 Å². The number of hydrogen-bond donors (Lipinski definition) is 0. The summed E-state index contributed by atoms with van der Waals surface area (Å²) in [5.41, 5.74) is -0.168. The molecule has 1 aliphatic heterocycles. The van der Waals surface area contributed by atoms with Crippen molar-refractivity contribution >= 4 is 5.91 Å². The molecule has 2 heteroatoms. The molecule has 0 aromatic carbocycles. The lowest BCUT2D eigenvalue weighted by molar-refractivity contribution is -0.139. The average Bonchev–Trinajstić information content (AvgIpc) is 2.55. The summed E-state index contributed by atoms with van der Waals surface area (Å²) in [6, 6.07) is 0. The van der Waals surface area contributed by atoms with Gasteiger partial charge in [0, 0.05) is 18.5 Å². The first kappa shape index (κ1) is 9.56. The van der Waals surface area contributed by atoms with Crippen LogP contribution in [-0.2, 0) is 4.79 Å². The third-order valence-electron chi connectivity index (χ3n) is 2.70. The molecule has 0 atom stereocenters. The summed E-state index contributed by atoms with van der Waals surface area (Å²) in [7, 11) is 0. The molecule has 0 spiro atoms. The Labute approximate surface area is 74.9 Å². The van der Waals surface area contributed by atoms with E-state index in [-0.39, 0.29) is 5.41 Å². The summed E-state index contributed by atoms with van der Waals surface area (Å²) < 4.78 is 0. The molecular weight excluding hydrogens is 150 g/mol. The monoisotopic (exact) mass is 168 g/mol. The minimum Gasteiger partial charge on any atom is -0.342 e. The fraction of sp³-hybridized carbons (Fsp3) is 0.800. The molecule has 1 rings (SSSR count). The molecule has 1 saturated heterocycles. The molecule has 0 unspecified atom stereocenters. The molecule has 0 N–H and O–H groups in total. The lowest BCUT2D eigenvalue weighted by atomic mass is 9.89. The predicted octanol–water partition coefficient (Wildman–Crippen LogP) is 1.86. The number of rotatable bonds is 2. The highest BCUT2D eigenvalue weighted by Crippen LogP contribution is 2.24. The summed E-state index contributed by atoms with van der Waals surface area (Å²) in [5.74, 6) is 0.304. The van der Waals surface area contributed by atoms with Crippen LogP contribution in [0.2, 0.25) is 0 Å². The molecule has 0 saturated carbocycles. The molecule has 1 heterocycles. The maximum Gasteiger partial charge on any atom is 0.228 e. The van der Waals surface area contributed by atoms with Crippen LogP contribution in [0.3, 0.4) is 0 Å². The lowest BCUT2D eigenvalue weighted by Crippen LogP contribution is -2.38. The van der Waals surface area contributed by atoms with Gasteiger partial charge in [-0.2, -0.15) is 0 Å². The van der Waals surface area contributed by atoms with E-state index in [0.717, 1.165) is 25.9 Å². The maximum absolute atomic E-state index is 11.8. The molecule has 0 aliphatic carbocycles. The van der Waals surface area contributed by atoms with E-state index in [2.05, 4.69) is 13.3 Å². The fourth-order valence-corrected chi connectivity index (χ4v) is 1.35. The summed E-state index contributed by atoms with van der Waals surface area (Å²) >= 11 is 0. The van der Waals surface area contributed by atoms with Gasteiger partial charge in [0.15, 0.2) is 0 Å². The van der Waals surface area contributed by atoms with Crippen molar-refractivity contribution in [3.63, 3.8) is 0 Å². The third-order valence-corrected chi connectivity index (χ3v) is 2.70. The summed E-state index contributed by atoms with van der Waals surface area (Å²) in [6.45, 7) is 7.88. The molecule has 1 radical (unpaired) electrons. The Kier molecular flexibility index (Phi) is 2.76. The standard InChI is InChI=1S/C10H18NO/c1-4-10(2,3)9(12)11-7-5-6-8-11/h5H,4,6-8H2,1-3H3. The van der Waals surface area contributed by atoms with Crippen molar-refractivity contribution in [2.24, 2.45) is 5.41 Å². The van der Waals surface area contributed by atoms with Crippen LogP contribution in [0, 0.1) is 11.8 Å². The Bertz CT molecular complexity index is 169. The van der Waals surface area contributed by atoms with Crippen molar-refractivity contribution in [1.82, 2.24) is 4.90 Å². The number of nitrogens with zero attached hydrogens (tertiary/aromatic N) is 1. The Morgan fingerprint density at radius 3 is 2.67 bits per heavy atom. The SMILES string of the molecule is CCC(C)(C)C(=O)N1C[CH]CC1. The third kappa shape index (κ3) is 1.79. The number of carbonyl (C=O) groups is 1. The predicted molar refractivity (Wildman–Crippen MR) is 49.6 cm³/mol.